The Kier molecular flexibility index (Phi) is 5.81. The van der Waals surface area contributed by atoms with Crippen LogP contribution in [0.5, 0.6) is 0 Å². The third kappa shape index (κ3) is 3.94. The number of halogens is 1. The Hall–Kier alpha value is -4.82. The molecule has 0 spiro atoms. The van der Waals surface area contributed by atoms with Crippen LogP contribution in [0.25, 0.3) is 22.4 Å². The smallest absolute Gasteiger partial charge is 0.266 e. The van der Waals surface area contributed by atoms with Crippen LogP contribution < -0.4 is 10.5 Å². The number of benzene rings is 3. The van der Waals surface area contributed by atoms with Crippen LogP contribution >= 0.6 is 11.6 Å². The van der Waals surface area contributed by atoms with Crippen molar-refractivity contribution < 1.29 is 4.79 Å². The second kappa shape index (κ2) is 9.36. The molecule has 1 unspecified atom stereocenters. The topological polar surface area (TPSA) is 85.4 Å². The molecular formula is C33H27ClN6O2. The molecular weight excluding hydrogens is 548 g/mol. The fourth-order valence-corrected chi connectivity index (χ4v) is 6.64. The molecule has 3 aromatic carbocycles. The van der Waals surface area contributed by atoms with E-state index in [9.17, 15) is 9.59 Å². The van der Waals surface area contributed by atoms with Gasteiger partial charge in [-0.25, -0.2) is 4.98 Å². The van der Waals surface area contributed by atoms with Crippen LogP contribution in [0.1, 0.15) is 48.7 Å². The molecule has 0 fully saturated rings. The highest BCUT2D eigenvalue weighted by atomic mass is 35.5. The summed E-state index contributed by atoms with van der Waals surface area (Å²) in [7, 11) is 0. The molecule has 0 aliphatic carbocycles. The quantitative estimate of drug-likeness (QED) is 0.251. The van der Waals surface area contributed by atoms with Gasteiger partial charge in [0.25, 0.3) is 17.2 Å². The summed E-state index contributed by atoms with van der Waals surface area (Å²) in [5.41, 5.74) is 3.53. The minimum absolute atomic E-state index is 0.0708. The van der Waals surface area contributed by atoms with E-state index in [1.54, 1.807) is 15.3 Å². The van der Waals surface area contributed by atoms with Gasteiger partial charge in [-0.15, -0.1) is 0 Å². The van der Waals surface area contributed by atoms with Gasteiger partial charge in [0.15, 0.2) is 0 Å². The predicted octanol–water partition coefficient (Wildman–Crippen LogP) is 6.22. The minimum atomic E-state index is -0.523. The molecule has 1 aliphatic heterocycles. The van der Waals surface area contributed by atoms with Gasteiger partial charge in [0, 0.05) is 45.3 Å². The molecule has 6 aromatic rings. The zero-order valence-electron chi connectivity index (χ0n) is 23.3. The van der Waals surface area contributed by atoms with E-state index in [1.165, 1.54) is 12.5 Å². The Bertz CT molecular complexity index is 2070. The number of carbonyl (C=O) groups excluding carboxylic acids is 1. The van der Waals surface area contributed by atoms with Crippen LogP contribution in [0, 0.1) is 0 Å². The lowest BCUT2D eigenvalue weighted by Crippen LogP contribution is -2.56. The zero-order valence-corrected chi connectivity index (χ0v) is 24.1. The maximum Gasteiger partial charge on any atom is 0.266 e. The first-order valence-electron chi connectivity index (χ1n) is 13.7. The second-order valence-electron chi connectivity index (χ2n) is 11.6. The Morgan fingerprint density at radius 3 is 2.45 bits per heavy atom. The van der Waals surface area contributed by atoms with Gasteiger partial charge in [0.05, 0.1) is 10.9 Å². The predicted molar refractivity (Wildman–Crippen MR) is 164 cm³/mol. The second-order valence-corrected chi connectivity index (χ2v) is 12.0. The number of nitrogens with zero attached hydrogens (tertiary/aromatic N) is 6. The van der Waals surface area contributed by atoms with Crippen molar-refractivity contribution in [2.24, 2.45) is 0 Å². The first-order valence-corrected chi connectivity index (χ1v) is 14.1. The number of amides is 1. The number of pyridine rings is 1. The Balaban J connectivity index is 1.45. The minimum Gasteiger partial charge on any atom is -0.302 e. The number of carbonyl (C=O) groups is 1. The number of rotatable bonds is 3. The summed E-state index contributed by atoms with van der Waals surface area (Å²) in [5.74, 6) is 0.358. The molecule has 4 heterocycles. The zero-order chi connectivity index (χ0) is 29.2. The molecule has 9 heteroatoms. The third-order valence-electron chi connectivity index (χ3n) is 8.36. The van der Waals surface area contributed by atoms with Crippen molar-refractivity contribution in [1.29, 1.82) is 0 Å². The van der Waals surface area contributed by atoms with Gasteiger partial charge in [-0.2, -0.15) is 14.6 Å². The van der Waals surface area contributed by atoms with Crippen LogP contribution in [0.3, 0.4) is 0 Å². The molecule has 7 rings (SSSR count). The summed E-state index contributed by atoms with van der Waals surface area (Å²) in [6, 6.07) is 24.9. The van der Waals surface area contributed by atoms with Gasteiger partial charge < -0.3 is 4.90 Å². The molecule has 1 aliphatic rings. The van der Waals surface area contributed by atoms with Crippen LogP contribution in [-0.4, -0.2) is 35.6 Å². The van der Waals surface area contributed by atoms with E-state index >= 15 is 0 Å². The van der Waals surface area contributed by atoms with Crippen LogP contribution in [0.15, 0.2) is 102 Å². The van der Waals surface area contributed by atoms with Crippen molar-refractivity contribution in [2.75, 3.05) is 4.90 Å². The molecule has 0 radical (unpaired) electrons. The summed E-state index contributed by atoms with van der Waals surface area (Å²) in [5, 5.41) is 5.30. The lowest BCUT2D eigenvalue weighted by molar-refractivity contribution is 0.0948. The van der Waals surface area contributed by atoms with Crippen LogP contribution in [0.4, 0.5) is 5.69 Å². The molecule has 0 bridgehead atoms. The number of hydrogen-bond acceptors (Lipinski definition) is 5. The highest BCUT2D eigenvalue weighted by Gasteiger charge is 2.48. The molecule has 1 atom stereocenters. The van der Waals surface area contributed by atoms with Gasteiger partial charge in [-0.05, 0) is 79.9 Å². The Labute approximate surface area is 246 Å². The average molecular weight is 575 g/mol. The van der Waals surface area contributed by atoms with E-state index in [0.717, 1.165) is 16.8 Å². The van der Waals surface area contributed by atoms with Crippen LogP contribution in [0.2, 0.25) is 5.02 Å². The van der Waals surface area contributed by atoms with Gasteiger partial charge in [-0.3, -0.25) is 14.2 Å². The lowest BCUT2D eigenvalue weighted by Gasteiger charge is -2.51. The number of hydrogen-bond donors (Lipinski definition) is 0. The maximum absolute atomic E-state index is 14.0. The van der Waals surface area contributed by atoms with E-state index in [0.29, 0.717) is 39.4 Å². The van der Waals surface area contributed by atoms with Crippen molar-refractivity contribution in [1.82, 2.24) is 24.1 Å². The Morgan fingerprint density at radius 1 is 0.929 bits per heavy atom. The van der Waals surface area contributed by atoms with Crippen molar-refractivity contribution in [2.45, 2.75) is 38.1 Å². The normalized spacial score (nSPS) is 17.9. The van der Waals surface area contributed by atoms with Gasteiger partial charge in [0.1, 0.15) is 6.33 Å². The highest BCUT2D eigenvalue weighted by Crippen LogP contribution is 2.51. The summed E-state index contributed by atoms with van der Waals surface area (Å²) in [6.07, 6.45) is 5.35. The molecule has 1 amide bonds. The summed E-state index contributed by atoms with van der Waals surface area (Å²) in [4.78, 5) is 38.1. The molecule has 8 nitrogen and oxygen atoms in total. The van der Waals surface area contributed by atoms with E-state index in [-0.39, 0.29) is 11.5 Å². The molecule has 0 saturated heterocycles. The first kappa shape index (κ1) is 26.1. The summed E-state index contributed by atoms with van der Waals surface area (Å²) >= 11 is 6.28. The van der Waals surface area contributed by atoms with E-state index < -0.39 is 11.0 Å². The fraction of sp³-hybridized carbons (Fsp3) is 0.182. The van der Waals surface area contributed by atoms with E-state index in [2.05, 4.69) is 35.8 Å². The van der Waals surface area contributed by atoms with E-state index in [4.69, 9.17) is 11.6 Å². The first-order chi connectivity index (χ1) is 20.2. The standard InChI is InChI=1S/C33H27ClN6O2/c1-32(2)19-33(3,22-9-11-23(34)12-10-22)26-17-24(13-14-28(26)39(32)29(41)21-7-5-4-6-8-21)38-16-15-27-25(30(38)42)18-35-31-36-20-37-40(27)31/h4-18,20H,19H2,1-3H3. The van der Waals surface area contributed by atoms with Crippen molar-refractivity contribution >= 4 is 39.9 Å². The molecule has 208 valence electrons. The maximum atomic E-state index is 14.0. The molecule has 0 N–H and O–H groups in total. The van der Waals surface area contributed by atoms with Crippen molar-refractivity contribution in [3.63, 3.8) is 0 Å². The SMILES string of the molecule is CC1(c2ccc(Cl)cc2)CC(C)(C)N(C(=O)c2ccccc2)c2ccc(-n3ccc4c(cnc5ncnn54)c3=O)cc21. The molecule has 42 heavy (non-hydrogen) atoms. The van der Waals surface area contributed by atoms with E-state index in [1.807, 2.05) is 83.8 Å². The van der Waals surface area contributed by atoms with Crippen LogP contribution in [-0.2, 0) is 5.41 Å². The number of fused-ring (bicyclic) bond motifs is 4. The van der Waals surface area contributed by atoms with Crippen molar-refractivity contribution in [3.05, 3.63) is 130 Å². The Morgan fingerprint density at radius 2 is 1.69 bits per heavy atom. The number of anilines is 1. The third-order valence-corrected chi connectivity index (χ3v) is 8.62. The van der Waals surface area contributed by atoms with Gasteiger partial charge >= 0.3 is 0 Å². The summed E-state index contributed by atoms with van der Waals surface area (Å²) in [6.45, 7) is 6.40. The molecule has 3 aromatic heterocycles. The lowest BCUT2D eigenvalue weighted by atomic mass is 9.65. The monoisotopic (exact) mass is 574 g/mol. The molecule has 0 saturated carbocycles. The average Bonchev–Trinajstić information content (AvgIpc) is 3.47. The van der Waals surface area contributed by atoms with Gasteiger partial charge in [0.2, 0.25) is 0 Å². The number of aromatic nitrogens is 5. The summed E-state index contributed by atoms with van der Waals surface area (Å²) < 4.78 is 3.17. The van der Waals surface area contributed by atoms with Gasteiger partial charge in [-0.1, -0.05) is 48.9 Å². The fourth-order valence-electron chi connectivity index (χ4n) is 6.51. The van der Waals surface area contributed by atoms with Crippen molar-refractivity contribution in [3.8, 4) is 5.69 Å². The highest BCUT2D eigenvalue weighted by molar-refractivity contribution is 6.30. The largest absolute Gasteiger partial charge is 0.302 e.